The number of imidazole rings is 1. The summed E-state index contributed by atoms with van der Waals surface area (Å²) >= 11 is 0. The van der Waals surface area contributed by atoms with Crippen LogP contribution in [0.15, 0.2) is 89.9 Å². The molecule has 0 aliphatic heterocycles. The summed E-state index contributed by atoms with van der Waals surface area (Å²) in [6.07, 6.45) is 2.31. The molecule has 3 heterocycles. The molecule has 0 saturated carbocycles. The molecule has 9 heteroatoms. The topological polar surface area (TPSA) is 110 Å². The van der Waals surface area contributed by atoms with Crippen LogP contribution in [-0.4, -0.2) is 30.3 Å². The third-order valence-corrected chi connectivity index (χ3v) is 7.24. The first-order valence-electron chi connectivity index (χ1n) is 13.5. The van der Waals surface area contributed by atoms with Crippen molar-refractivity contribution in [3.05, 3.63) is 112 Å². The molecule has 3 N–H and O–H groups in total. The van der Waals surface area contributed by atoms with E-state index in [2.05, 4.69) is 41.4 Å². The zero-order chi connectivity index (χ0) is 28.7. The minimum atomic E-state index is -0.362. The number of anilines is 2. The first-order chi connectivity index (χ1) is 19.7. The molecule has 0 bridgehead atoms. The molecule has 0 fully saturated rings. The third kappa shape index (κ3) is 4.98. The second-order valence-corrected chi connectivity index (χ2v) is 11.1. The van der Waals surface area contributed by atoms with Gasteiger partial charge in [0, 0.05) is 36.5 Å². The van der Waals surface area contributed by atoms with E-state index in [-0.39, 0.29) is 17.1 Å². The van der Waals surface area contributed by atoms with Crippen molar-refractivity contribution in [1.29, 1.82) is 0 Å². The monoisotopic (exact) mass is 545 g/mol. The number of amides is 2. The van der Waals surface area contributed by atoms with Gasteiger partial charge < -0.3 is 5.32 Å². The molecule has 41 heavy (non-hydrogen) atoms. The van der Waals surface area contributed by atoms with Crippen molar-refractivity contribution in [2.24, 2.45) is 7.05 Å². The van der Waals surface area contributed by atoms with Crippen LogP contribution in [-0.2, 0) is 18.9 Å². The highest BCUT2D eigenvalue weighted by Crippen LogP contribution is 2.30. The molecule has 0 aliphatic rings. The van der Waals surface area contributed by atoms with Crippen LogP contribution in [0.4, 0.5) is 16.3 Å². The predicted octanol–water partition coefficient (Wildman–Crippen LogP) is 6.13. The van der Waals surface area contributed by atoms with E-state index in [9.17, 15) is 9.59 Å². The first-order valence-corrected chi connectivity index (χ1v) is 13.5. The molecule has 206 valence electrons. The minimum Gasteiger partial charge on any atom is -0.307 e. The summed E-state index contributed by atoms with van der Waals surface area (Å²) in [6.45, 7) is 6.28. The zero-order valence-electron chi connectivity index (χ0n) is 23.4. The highest BCUT2D eigenvalue weighted by Gasteiger charge is 2.22. The molecule has 3 aromatic carbocycles. The Morgan fingerprint density at radius 3 is 2.39 bits per heavy atom. The van der Waals surface area contributed by atoms with Crippen molar-refractivity contribution in [3.8, 4) is 5.69 Å². The standard InChI is InChI=1S/C32H31N7O2/c1-32(2,3)26-19-27(39(37-26)22-10-6-5-7-11-22)35-30(40)34-25-15-14-20(23-12-8-9-13-24(23)25)18-21-16-17-33-29-28(21)38(4)31(41)36-29/h5-17,19H,18H2,1-4H3,(H,33,36,41)(H2,34,35,40). The Morgan fingerprint density at radius 1 is 0.902 bits per heavy atom. The summed E-state index contributed by atoms with van der Waals surface area (Å²) in [5.74, 6) is 0.582. The fourth-order valence-corrected chi connectivity index (χ4v) is 5.09. The van der Waals surface area contributed by atoms with Gasteiger partial charge in [-0.3, -0.25) is 14.9 Å². The number of nitrogens with one attached hydrogen (secondary N) is 3. The van der Waals surface area contributed by atoms with Crippen LogP contribution in [0.25, 0.3) is 27.6 Å². The van der Waals surface area contributed by atoms with Gasteiger partial charge in [-0.15, -0.1) is 0 Å². The maximum atomic E-state index is 13.3. The maximum absolute atomic E-state index is 13.3. The quantitative estimate of drug-likeness (QED) is 0.242. The Morgan fingerprint density at radius 2 is 1.63 bits per heavy atom. The molecule has 9 nitrogen and oxygen atoms in total. The van der Waals surface area contributed by atoms with Gasteiger partial charge in [0.05, 0.1) is 22.6 Å². The van der Waals surface area contributed by atoms with Gasteiger partial charge in [0.1, 0.15) is 5.82 Å². The second kappa shape index (κ2) is 10.1. The second-order valence-electron chi connectivity index (χ2n) is 11.1. The van der Waals surface area contributed by atoms with Gasteiger partial charge in [0.2, 0.25) is 0 Å². The molecular weight excluding hydrogens is 514 g/mol. The summed E-state index contributed by atoms with van der Waals surface area (Å²) < 4.78 is 3.34. The first kappa shape index (κ1) is 26.1. The number of pyridine rings is 1. The number of para-hydroxylation sites is 1. The summed E-state index contributed by atoms with van der Waals surface area (Å²) in [5, 5.41) is 12.8. The number of urea groups is 1. The number of fused-ring (bicyclic) bond motifs is 2. The maximum Gasteiger partial charge on any atom is 0.327 e. The van der Waals surface area contributed by atoms with Crippen molar-refractivity contribution in [3.63, 3.8) is 0 Å². The van der Waals surface area contributed by atoms with E-state index in [1.807, 2.05) is 78.9 Å². The fourth-order valence-electron chi connectivity index (χ4n) is 5.09. The van der Waals surface area contributed by atoms with Gasteiger partial charge in [0.15, 0.2) is 5.65 Å². The summed E-state index contributed by atoms with van der Waals surface area (Å²) in [5.41, 5.74) is 5.46. The number of nitrogens with zero attached hydrogens (tertiary/aromatic N) is 4. The van der Waals surface area contributed by atoms with Crippen molar-refractivity contribution in [2.75, 3.05) is 10.6 Å². The average molecular weight is 546 g/mol. The average Bonchev–Trinajstić information content (AvgIpc) is 3.51. The number of carbonyl (C=O) groups excluding carboxylic acids is 1. The zero-order valence-corrected chi connectivity index (χ0v) is 23.4. The molecule has 6 rings (SSSR count). The van der Waals surface area contributed by atoms with Crippen LogP contribution in [0.5, 0.6) is 0 Å². The van der Waals surface area contributed by atoms with Gasteiger partial charge in [0.25, 0.3) is 0 Å². The number of aromatic amines is 1. The van der Waals surface area contributed by atoms with E-state index in [0.29, 0.717) is 23.6 Å². The van der Waals surface area contributed by atoms with Crippen LogP contribution in [0.2, 0.25) is 0 Å². The fraction of sp³-hybridized carbons (Fsp3) is 0.188. The number of H-pyrrole nitrogens is 1. The molecule has 0 radical (unpaired) electrons. The van der Waals surface area contributed by atoms with Crippen LogP contribution in [0.3, 0.4) is 0 Å². The van der Waals surface area contributed by atoms with Crippen LogP contribution in [0.1, 0.15) is 37.6 Å². The van der Waals surface area contributed by atoms with Gasteiger partial charge in [-0.2, -0.15) is 5.10 Å². The number of carbonyl (C=O) groups is 1. The lowest BCUT2D eigenvalue weighted by Crippen LogP contribution is -2.21. The number of hydrogen-bond acceptors (Lipinski definition) is 4. The highest BCUT2D eigenvalue weighted by molar-refractivity contribution is 6.06. The van der Waals surface area contributed by atoms with Crippen LogP contribution >= 0.6 is 0 Å². The Labute approximate surface area is 236 Å². The van der Waals surface area contributed by atoms with E-state index in [0.717, 1.165) is 38.8 Å². The number of rotatable bonds is 5. The lowest BCUT2D eigenvalue weighted by Gasteiger charge is -2.14. The lowest BCUT2D eigenvalue weighted by atomic mass is 9.92. The van der Waals surface area contributed by atoms with E-state index in [4.69, 9.17) is 5.10 Å². The van der Waals surface area contributed by atoms with Gasteiger partial charge >= 0.3 is 11.7 Å². The van der Waals surface area contributed by atoms with Crippen molar-refractivity contribution in [1.82, 2.24) is 24.3 Å². The SMILES string of the molecule is Cn1c(=O)[nH]c2nccc(Cc3ccc(NC(=O)Nc4cc(C(C)(C)C)nn4-c4ccccc4)c4ccccc34)c21. The highest BCUT2D eigenvalue weighted by atomic mass is 16.2. The number of hydrogen-bond donors (Lipinski definition) is 3. The van der Waals surface area contributed by atoms with Gasteiger partial charge in [-0.05, 0) is 40.8 Å². The summed E-state index contributed by atoms with van der Waals surface area (Å²) in [4.78, 5) is 32.6. The Hall–Kier alpha value is -5.18. The molecule has 6 aromatic rings. The van der Waals surface area contributed by atoms with E-state index >= 15 is 0 Å². The molecule has 0 atom stereocenters. The molecule has 0 aliphatic carbocycles. The summed E-state index contributed by atoms with van der Waals surface area (Å²) in [6, 6.07) is 25.1. The molecule has 0 saturated heterocycles. The minimum absolute atomic E-state index is 0.188. The van der Waals surface area contributed by atoms with Crippen molar-refractivity contribution >= 4 is 39.5 Å². The summed E-state index contributed by atoms with van der Waals surface area (Å²) in [7, 11) is 1.74. The molecule has 3 aromatic heterocycles. The van der Waals surface area contributed by atoms with E-state index < -0.39 is 0 Å². The van der Waals surface area contributed by atoms with E-state index in [1.165, 1.54) is 0 Å². The molecule has 2 amide bonds. The Kier molecular flexibility index (Phi) is 6.42. The third-order valence-electron chi connectivity index (χ3n) is 7.24. The van der Waals surface area contributed by atoms with Gasteiger partial charge in [-0.1, -0.05) is 69.3 Å². The number of benzene rings is 3. The Balaban J connectivity index is 1.31. The van der Waals surface area contributed by atoms with Gasteiger partial charge in [-0.25, -0.2) is 19.3 Å². The van der Waals surface area contributed by atoms with Crippen LogP contribution in [0, 0.1) is 0 Å². The Bertz CT molecular complexity index is 1960. The van der Waals surface area contributed by atoms with Crippen molar-refractivity contribution < 1.29 is 4.79 Å². The number of aromatic nitrogens is 5. The largest absolute Gasteiger partial charge is 0.327 e. The molecule has 0 spiro atoms. The van der Waals surface area contributed by atoms with E-state index in [1.54, 1.807) is 22.5 Å². The smallest absolute Gasteiger partial charge is 0.307 e. The van der Waals surface area contributed by atoms with Crippen molar-refractivity contribution in [2.45, 2.75) is 32.6 Å². The molecule has 0 unspecified atom stereocenters. The van der Waals surface area contributed by atoms with Crippen LogP contribution < -0.4 is 16.3 Å². The lowest BCUT2D eigenvalue weighted by molar-refractivity contribution is 0.262. The predicted molar refractivity (Wildman–Crippen MR) is 163 cm³/mol. The number of aryl methyl sites for hydroxylation is 1. The molecular formula is C32H31N7O2. The normalized spacial score (nSPS) is 11.7.